The molecular weight excluding hydrogens is 352 g/mol. The summed E-state index contributed by atoms with van der Waals surface area (Å²) in [6, 6.07) is 15.9. The van der Waals surface area contributed by atoms with Gasteiger partial charge >= 0.3 is 0 Å². The monoisotopic (exact) mass is 374 g/mol. The molecule has 2 aromatic carbocycles. The lowest BCUT2D eigenvalue weighted by Gasteiger charge is -2.29. The summed E-state index contributed by atoms with van der Waals surface area (Å²) in [5.41, 5.74) is 11.4. The van der Waals surface area contributed by atoms with Gasteiger partial charge in [-0.1, -0.05) is 24.3 Å². The largest absolute Gasteiger partial charge is 0.496 e. The van der Waals surface area contributed by atoms with Crippen LogP contribution in [-0.2, 0) is 13.1 Å². The Morgan fingerprint density at radius 3 is 2.46 bits per heavy atom. The Balaban J connectivity index is 1.63. The number of fused-ring (bicyclic) bond motifs is 1. The van der Waals surface area contributed by atoms with E-state index in [2.05, 4.69) is 28.2 Å². The minimum absolute atomic E-state index is 0.476. The maximum atomic E-state index is 6.30. The number of nitrogens with two attached hydrogens (primary N) is 1. The SMILES string of the molecule is COc1cccc(OC)c1CN1Cc2ccc(-c3cccnc3)cc2N=C1N. The van der Waals surface area contributed by atoms with Gasteiger partial charge in [0.2, 0.25) is 0 Å². The molecule has 2 N–H and O–H groups in total. The van der Waals surface area contributed by atoms with Crippen molar-refractivity contribution in [1.29, 1.82) is 0 Å². The molecule has 6 heteroatoms. The Labute approximate surface area is 164 Å². The van der Waals surface area contributed by atoms with Crippen LogP contribution in [0.5, 0.6) is 11.5 Å². The Kier molecular flexibility index (Phi) is 4.85. The molecule has 28 heavy (non-hydrogen) atoms. The Hall–Kier alpha value is -3.54. The summed E-state index contributed by atoms with van der Waals surface area (Å²) in [7, 11) is 3.31. The molecule has 3 aromatic rings. The van der Waals surface area contributed by atoms with Gasteiger partial charge in [-0.15, -0.1) is 0 Å². The number of aliphatic imine (C=N–C) groups is 1. The van der Waals surface area contributed by atoms with Crippen LogP contribution >= 0.6 is 0 Å². The molecule has 1 aliphatic heterocycles. The second-order valence-electron chi connectivity index (χ2n) is 6.55. The number of guanidine groups is 1. The summed E-state index contributed by atoms with van der Waals surface area (Å²) in [5.74, 6) is 2.01. The number of benzene rings is 2. The summed E-state index contributed by atoms with van der Waals surface area (Å²) in [4.78, 5) is 10.8. The van der Waals surface area contributed by atoms with Gasteiger partial charge in [-0.25, -0.2) is 4.99 Å². The quantitative estimate of drug-likeness (QED) is 0.737. The van der Waals surface area contributed by atoms with Gasteiger partial charge in [0.15, 0.2) is 5.96 Å². The van der Waals surface area contributed by atoms with E-state index in [4.69, 9.17) is 15.2 Å². The van der Waals surface area contributed by atoms with E-state index >= 15 is 0 Å². The van der Waals surface area contributed by atoms with Gasteiger partial charge in [-0.3, -0.25) is 4.98 Å². The van der Waals surface area contributed by atoms with Crippen molar-refractivity contribution in [2.45, 2.75) is 13.1 Å². The molecule has 2 heterocycles. The van der Waals surface area contributed by atoms with Crippen molar-refractivity contribution in [2.75, 3.05) is 14.2 Å². The molecule has 0 atom stereocenters. The van der Waals surface area contributed by atoms with E-state index in [-0.39, 0.29) is 0 Å². The predicted molar refractivity (Wildman–Crippen MR) is 110 cm³/mol. The van der Waals surface area contributed by atoms with Crippen molar-refractivity contribution in [2.24, 2.45) is 10.7 Å². The lowest BCUT2D eigenvalue weighted by molar-refractivity contribution is 0.348. The lowest BCUT2D eigenvalue weighted by atomic mass is 10.0. The third kappa shape index (κ3) is 3.36. The second kappa shape index (κ2) is 7.60. The molecule has 1 aromatic heterocycles. The summed E-state index contributed by atoms with van der Waals surface area (Å²) >= 11 is 0. The number of rotatable bonds is 5. The molecule has 0 bridgehead atoms. The molecule has 0 saturated heterocycles. The van der Waals surface area contributed by atoms with Crippen molar-refractivity contribution in [3.63, 3.8) is 0 Å². The third-order valence-corrected chi connectivity index (χ3v) is 4.88. The van der Waals surface area contributed by atoms with Crippen LogP contribution in [0.1, 0.15) is 11.1 Å². The first-order valence-corrected chi connectivity index (χ1v) is 9.02. The lowest BCUT2D eigenvalue weighted by Crippen LogP contribution is -2.38. The molecule has 0 amide bonds. The first-order chi connectivity index (χ1) is 13.7. The van der Waals surface area contributed by atoms with E-state index in [1.807, 2.05) is 41.4 Å². The zero-order chi connectivity index (χ0) is 19.5. The number of hydrogen-bond donors (Lipinski definition) is 1. The van der Waals surface area contributed by atoms with E-state index in [0.29, 0.717) is 19.0 Å². The number of pyridine rings is 1. The summed E-state index contributed by atoms with van der Waals surface area (Å²) in [6.07, 6.45) is 3.61. The second-order valence-corrected chi connectivity index (χ2v) is 6.55. The first kappa shape index (κ1) is 17.9. The molecule has 0 fully saturated rings. The highest BCUT2D eigenvalue weighted by Crippen LogP contribution is 2.34. The number of ether oxygens (including phenoxy) is 2. The fraction of sp³-hybridized carbons (Fsp3) is 0.182. The Morgan fingerprint density at radius 1 is 1.00 bits per heavy atom. The predicted octanol–water partition coefficient (Wildman–Crippen LogP) is 3.73. The summed E-state index contributed by atoms with van der Waals surface area (Å²) < 4.78 is 11.0. The van der Waals surface area contributed by atoms with Gasteiger partial charge in [0.25, 0.3) is 0 Å². The maximum absolute atomic E-state index is 6.30. The molecule has 0 radical (unpaired) electrons. The van der Waals surface area contributed by atoms with E-state index in [0.717, 1.165) is 39.4 Å². The topological polar surface area (TPSA) is 73.0 Å². The van der Waals surface area contributed by atoms with Gasteiger partial charge in [0, 0.05) is 24.5 Å². The van der Waals surface area contributed by atoms with E-state index in [9.17, 15) is 0 Å². The summed E-state index contributed by atoms with van der Waals surface area (Å²) in [5, 5.41) is 0. The van der Waals surface area contributed by atoms with Crippen LogP contribution in [0.25, 0.3) is 11.1 Å². The fourth-order valence-corrected chi connectivity index (χ4v) is 3.41. The maximum Gasteiger partial charge on any atom is 0.197 e. The molecule has 4 rings (SSSR count). The van der Waals surface area contributed by atoms with Crippen LogP contribution in [0.3, 0.4) is 0 Å². The highest BCUT2D eigenvalue weighted by atomic mass is 16.5. The van der Waals surface area contributed by atoms with Gasteiger partial charge in [0.1, 0.15) is 11.5 Å². The van der Waals surface area contributed by atoms with Crippen molar-refractivity contribution < 1.29 is 9.47 Å². The minimum atomic E-state index is 0.476. The minimum Gasteiger partial charge on any atom is -0.496 e. The van der Waals surface area contributed by atoms with E-state index in [1.54, 1.807) is 20.4 Å². The van der Waals surface area contributed by atoms with E-state index in [1.165, 1.54) is 0 Å². The Bertz CT molecular complexity index is 996. The Morgan fingerprint density at radius 2 is 1.79 bits per heavy atom. The number of nitrogens with zero attached hydrogens (tertiary/aromatic N) is 3. The van der Waals surface area contributed by atoms with Crippen LogP contribution < -0.4 is 15.2 Å². The standard InChI is InChI=1S/C22H22N4O2/c1-27-20-6-3-7-21(28-2)18(20)14-26-13-17-9-8-15(11-19(17)25-22(26)23)16-5-4-10-24-12-16/h3-12H,13-14H2,1-2H3,(H2,23,25). The van der Waals surface area contributed by atoms with Gasteiger partial charge in [0.05, 0.1) is 32.0 Å². The third-order valence-electron chi connectivity index (χ3n) is 4.88. The molecule has 0 saturated carbocycles. The zero-order valence-corrected chi connectivity index (χ0v) is 15.9. The van der Waals surface area contributed by atoms with Gasteiger partial charge in [-0.05, 0) is 35.4 Å². The number of methoxy groups -OCH3 is 2. The van der Waals surface area contributed by atoms with E-state index < -0.39 is 0 Å². The van der Waals surface area contributed by atoms with Crippen LogP contribution in [0, 0.1) is 0 Å². The van der Waals surface area contributed by atoms with Crippen molar-refractivity contribution in [3.8, 4) is 22.6 Å². The van der Waals surface area contributed by atoms with Crippen molar-refractivity contribution >= 4 is 11.6 Å². The molecule has 0 unspecified atom stereocenters. The van der Waals surface area contributed by atoms with Crippen molar-refractivity contribution in [1.82, 2.24) is 9.88 Å². The highest BCUT2D eigenvalue weighted by Gasteiger charge is 2.21. The highest BCUT2D eigenvalue weighted by molar-refractivity contribution is 5.84. The molecule has 6 nitrogen and oxygen atoms in total. The zero-order valence-electron chi connectivity index (χ0n) is 15.9. The molecule has 142 valence electrons. The first-order valence-electron chi connectivity index (χ1n) is 9.02. The van der Waals surface area contributed by atoms with Crippen LogP contribution in [-0.4, -0.2) is 30.1 Å². The van der Waals surface area contributed by atoms with Crippen molar-refractivity contribution in [3.05, 3.63) is 72.1 Å². The molecule has 0 spiro atoms. The fourth-order valence-electron chi connectivity index (χ4n) is 3.41. The molecular formula is C22H22N4O2. The van der Waals surface area contributed by atoms with Crippen LogP contribution in [0.2, 0.25) is 0 Å². The smallest absolute Gasteiger partial charge is 0.197 e. The normalized spacial score (nSPS) is 12.9. The molecule has 1 aliphatic rings. The summed E-state index contributed by atoms with van der Waals surface area (Å²) in [6.45, 7) is 1.21. The number of aromatic nitrogens is 1. The van der Waals surface area contributed by atoms with Crippen LogP contribution in [0.4, 0.5) is 5.69 Å². The van der Waals surface area contributed by atoms with Crippen LogP contribution in [0.15, 0.2) is 65.9 Å². The number of hydrogen-bond acceptors (Lipinski definition) is 6. The molecule has 0 aliphatic carbocycles. The van der Waals surface area contributed by atoms with Gasteiger partial charge in [-0.2, -0.15) is 0 Å². The average molecular weight is 374 g/mol. The average Bonchev–Trinajstić information content (AvgIpc) is 2.74. The van der Waals surface area contributed by atoms with Gasteiger partial charge < -0.3 is 20.1 Å².